The SMILES string of the molecule is COc1cccc(-c2cc(C(=O)Nc3cc4cc(OC)c(O[C@@H]5OC(C)(C)[C@H](OC)[C@@H](O)[C@H]5O)c(C)c4oc3=O)ccc2OC)c1. The van der Waals surface area contributed by atoms with E-state index in [0.29, 0.717) is 28.0 Å². The second-order valence-corrected chi connectivity index (χ2v) is 11.3. The third-order valence-electron chi connectivity index (χ3n) is 8.01. The van der Waals surface area contributed by atoms with Crippen LogP contribution < -0.4 is 29.9 Å². The van der Waals surface area contributed by atoms with Crippen molar-refractivity contribution in [2.24, 2.45) is 0 Å². The summed E-state index contributed by atoms with van der Waals surface area (Å²) in [5, 5.41) is 24.5. The molecule has 46 heavy (non-hydrogen) atoms. The van der Waals surface area contributed by atoms with Crippen LogP contribution in [0, 0.1) is 6.92 Å². The Morgan fingerprint density at radius 3 is 2.33 bits per heavy atom. The molecule has 3 aromatic carbocycles. The highest BCUT2D eigenvalue weighted by molar-refractivity contribution is 6.06. The largest absolute Gasteiger partial charge is 0.497 e. The van der Waals surface area contributed by atoms with Crippen LogP contribution in [0.2, 0.25) is 0 Å². The first-order valence-corrected chi connectivity index (χ1v) is 14.4. The molecule has 0 radical (unpaired) electrons. The molecule has 1 amide bonds. The first kappa shape index (κ1) is 32.8. The van der Waals surface area contributed by atoms with Crippen LogP contribution in [0.5, 0.6) is 23.0 Å². The molecule has 12 heteroatoms. The van der Waals surface area contributed by atoms with Crippen LogP contribution >= 0.6 is 0 Å². The Kier molecular flexibility index (Phi) is 9.27. The lowest BCUT2D eigenvalue weighted by Crippen LogP contribution is -2.63. The minimum atomic E-state index is -1.45. The molecule has 2 heterocycles. The predicted molar refractivity (Wildman–Crippen MR) is 169 cm³/mol. The number of methoxy groups -OCH3 is 4. The summed E-state index contributed by atoms with van der Waals surface area (Å²) in [6, 6.07) is 15.3. The smallest absolute Gasteiger partial charge is 0.360 e. The number of nitrogens with one attached hydrogen (secondary N) is 1. The molecule has 244 valence electrons. The summed E-state index contributed by atoms with van der Waals surface area (Å²) in [4.78, 5) is 26.5. The lowest BCUT2D eigenvalue weighted by atomic mass is 9.89. The number of fused-ring (bicyclic) bond motifs is 1. The molecule has 1 aliphatic rings. The zero-order valence-electron chi connectivity index (χ0n) is 26.6. The van der Waals surface area contributed by atoms with Gasteiger partial charge in [0, 0.05) is 29.2 Å². The van der Waals surface area contributed by atoms with Crippen molar-refractivity contribution in [2.75, 3.05) is 33.8 Å². The highest BCUT2D eigenvalue weighted by Gasteiger charge is 2.50. The molecule has 1 aromatic heterocycles. The van der Waals surface area contributed by atoms with E-state index in [1.54, 1.807) is 52.1 Å². The Balaban J connectivity index is 1.46. The quantitative estimate of drug-likeness (QED) is 0.226. The maximum Gasteiger partial charge on any atom is 0.360 e. The van der Waals surface area contributed by atoms with Crippen molar-refractivity contribution in [3.05, 3.63) is 76.1 Å². The van der Waals surface area contributed by atoms with E-state index in [9.17, 15) is 19.8 Å². The van der Waals surface area contributed by atoms with Gasteiger partial charge in [0.05, 0.1) is 26.9 Å². The van der Waals surface area contributed by atoms with Crippen LogP contribution in [0.4, 0.5) is 5.69 Å². The molecule has 0 aliphatic carbocycles. The van der Waals surface area contributed by atoms with Gasteiger partial charge < -0.3 is 48.4 Å². The van der Waals surface area contributed by atoms with Gasteiger partial charge in [-0.05, 0) is 68.8 Å². The summed E-state index contributed by atoms with van der Waals surface area (Å²) in [6.45, 7) is 5.06. The fourth-order valence-electron chi connectivity index (χ4n) is 5.65. The fourth-order valence-corrected chi connectivity index (χ4v) is 5.65. The van der Waals surface area contributed by atoms with Crippen molar-refractivity contribution < 1.29 is 47.8 Å². The number of hydrogen-bond acceptors (Lipinski definition) is 11. The summed E-state index contributed by atoms with van der Waals surface area (Å²) in [7, 11) is 5.95. The molecule has 1 saturated heterocycles. The predicted octanol–water partition coefficient (Wildman–Crippen LogP) is 4.30. The molecule has 1 aliphatic heterocycles. The van der Waals surface area contributed by atoms with E-state index in [2.05, 4.69) is 5.32 Å². The van der Waals surface area contributed by atoms with E-state index < -0.39 is 41.7 Å². The van der Waals surface area contributed by atoms with Gasteiger partial charge in [-0.1, -0.05) is 12.1 Å². The molecule has 0 spiro atoms. The molecule has 3 N–H and O–H groups in total. The van der Waals surface area contributed by atoms with E-state index in [1.807, 2.05) is 24.3 Å². The molecule has 4 aromatic rings. The molecular weight excluding hydrogens is 598 g/mol. The maximum atomic E-state index is 13.4. The van der Waals surface area contributed by atoms with Gasteiger partial charge in [-0.2, -0.15) is 0 Å². The molecule has 0 bridgehead atoms. The van der Waals surface area contributed by atoms with Gasteiger partial charge in [-0.15, -0.1) is 0 Å². The first-order valence-electron chi connectivity index (χ1n) is 14.4. The minimum absolute atomic E-state index is 0.0899. The number of rotatable bonds is 9. The van der Waals surface area contributed by atoms with Crippen LogP contribution in [0.25, 0.3) is 22.1 Å². The van der Waals surface area contributed by atoms with Crippen molar-refractivity contribution in [3.8, 4) is 34.1 Å². The topological polar surface area (TPSA) is 155 Å². The van der Waals surface area contributed by atoms with Crippen LogP contribution in [0.3, 0.4) is 0 Å². The fraction of sp³-hybridized carbons (Fsp3) is 0.353. The van der Waals surface area contributed by atoms with Crippen molar-refractivity contribution in [2.45, 2.75) is 51.0 Å². The highest BCUT2D eigenvalue weighted by Crippen LogP contribution is 2.41. The van der Waals surface area contributed by atoms with Gasteiger partial charge in [0.2, 0.25) is 6.29 Å². The molecule has 0 saturated carbocycles. The van der Waals surface area contributed by atoms with E-state index in [4.69, 9.17) is 32.8 Å². The number of carbonyl (C=O) groups is 1. The molecule has 1 fully saturated rings. The minimum Gasteiger partial charge on any atom is -0.497 e. The number of amides is 1. The molecule has 12 nitrogen and oxygen atoms in total. The average molecular weight is 636 g/mol. The molecular formula is C34H37NO11. The second kappa shape index (κ2) is 13.0. The van der Waals surface area contributed by atoms with Crippen molar-refractivity contribution in [3.63, 3.8) is 0 Å². The summed E-state index contributed by atoms with van der Waals surface area (Å²) >= 11 is 0. The Labute approximate surface area is 265 Å². The molecule has 0 unspecified atom stereocenters. The summed E-state index contributed by atoms with van der Waals surface area (Å²) in [5.74, 6) is 1.04. The number of hydrogen-bond donors (Lipinski definition) is 3. The van der Waals surface area contributed by atoms with Crippen molar-refractivity contribution in [1.29, 1.82) is 0 Å². The van der Waals surface area contributed by atoms with E-state index in [-0.39, 0.29) is 28.3 Å². The zero-order chi connectivity index (χ0) is 33.3. The van der Waals surface area contributed by atoms with Gasteiger partial charge in [0.15, 0.2) is 11.5 Å². The second-order valence-electron chi connectivity index (χ2n) is 11.3. The van der Waals surface area contributed by atoms with Gasteiger partial charge >= 0.3 is 5.63 Å². The van der Waals surface area contributed by atoms with Gasteiger partial charge in [0.25, 0.3) is 5.91 Å². The van der Waals surface area contributed by atoms with E-state index >= 15 is 0 Å². The number of ether oxygens (including phenoxy) is 6. The Morgan fingerprint density at radius 1 is 0.913 bits per heavy atom. The van der Waals surface area contributed by atoms with E-state index in [0.717, 1.165) is 5.56 Å². The van der Waals surface area contributed by atoms with Gasteiger partial charge in [-0.25, -0.2) is 4.79 Å². The summed E-state index contributed by atoms with van der Waals surface area (Å²) in [5.41, 5.74) is 0.370. The zero-order valence-corrected chi connectivity index (χ0v) is 26.6. The number of carbonyl (C=O) groups excluding carboxylic acids is 1. The third-order valence-corrected chi connectivity index (χ3v) is 8.01. The monoisotopic (exact) mass is 635 g/mol. The van der Waals surface area contributed by atoms with Gasteiger partial charge in [-0.3, -0.25) is 4.79 Å². The van der Waals surface area contributed by atoms with Gasteiger partial charge in [0.1, 0.15) is 41.1 Å². The number of aliphatic hydroxyl groups is 2. The summed E-state index contributed by atoms with van der Waals surface area (Å²) in [6.07, 6.45) is -4.85. The van der Waals surface area contributed by atoms with Crippen LogP contribution in [-0.4, -0.2) is 74.8 Å². The lowest BCUT2D eigenvalue weighted by molar-refractivity contribution is -0.306. The average Bonchev–Trinajstić information content (AvgIpc) is 3.05. The number of benzene rings is 3. The Morgan fingerprint density at radius 2 is 1.65 bits per heavy atom. The highest BCUT2D eigenvalue weighted by atomic mass is 16.7. The third kappa shape index (κ3) is 6.12. The maximum absolute atomic E-state index is 13.4. The number of aryl methyl sites for hydroxylation is 1. The summed E-state index contributed by atoms with van der Waals surface area (Å²) < 4.78 is 39.4. The van der Waals surface area contributed by atoms with Crippen LogP contribution in [0.1, 0.15) is 29.8 Å². The lowest BCUT2D eigenvalue weighted by Gasteiger charge is -2.46. The van der Waals surface area contributed by atoms with Crippen LogP contribution in [0.15, 0.2) is 63.8 Å². The standard InChI is InChI=1S/C34H37NO11/c1-17-28-20(16-25(42-6)29(17)45-33-27(37)26(36)30(43-7)34(2,3)46-33)15-23(32(39)44-28)35-31(38)19-11-12-24(41-5)22(14-19)18-9-8-10-21(13-18)40-4/h8-16,26-27,30,33,36-37H,1-7H3,(H,35,38)/t26-,27+,30+,33+/m0/s1. The Bertz CT molecular complexity index is 1820. The number of aliphatic hydroxyl groups excluding tert-OH is 2. The normalized spacial score (nSPS) is 20.6. The van der Waals surface area contributed by atoms with Crippen molar-refractivity contribution >= 4 is 22.6 Å². The van der Waals surface area contributed by atoms with Crippen molar-refractivity contribution in [1.82, 2.24) is 0 Å². The number of anilines is 1. The van der Waals surface area contributed by atoms with Crippen LogP contribution in [-0.2, 0) is 9.47 Å². The Hall–Kier alpha value is -4.62. The molecule has 4 atom stereocenters. The first-order chi connectivity index (χ1) is 21.9. The van der Waals surface area contributed by atoms with E-state index in [1.165, 1.54) is 27.4 Å². The molecule has 5 rings (SSSR count).